The van der Waals surface area contributed by atoms with Crippen molar-refractivity contribution in [2.45, 2.75) is 31.7 Å². The molecule has 4 rings (SSSR count). The fraction of sp³-hybridized carbons (Fsp3) is 0.375. The lowest BCUT2D eigenvalue weighted by molar-refractivity contribution is -0.128. The summed E-state index contributed by atoms with van der Waals surface area (Å²) in [7, 11) is 0. The molecule has 0 bridgehead atoms. The highest BCUT2D eigenvalue weighted by molar-refractivity contribution is 7.99. The van der Waals surface area contributed by atoms with E-state index in [1.165, 1.54) is 17.4 Å². The largest absolute Gasteiger partial charge is 0.481 e. The number of anilines is 1. The van der Waals surface area contributed by atoms with Gasteiger partial charge in [0, 0.05) is 38.4 Å². The van der Waals surface area contributed by atoms with Crippen molar-refractivity contribution < 1.29 is 9.53 Å². The number of carbonyl (C=O) groups is 1. The predicted octanol–water partition coefficient (Wildman–Crippen LogP) is 4.53. The first kappa shape index (κ1) is 23.4. The number of thioether (sulfide) groups is 1. The molecule has 1 amide bonds. The summed E-state index contributed by atoms with van der Waals surface area (Å²) >= 11 is 7.64. The molecule has 0 radical (unpaired) electrons. The smallest absolute Gasteiger partial charge is 0.233 e. The quantitative estimate of drug-likeness (QED) is 0.437. The molecule has 3 aromatic rings. The Morgan fingerprint density at radius 3 is 2.45 bits per heavy atom. The molecule has 0 N–H and O–H groups in total. The maximum absolute atomic E-state index is 12.8. The van der Waals surface area contributed by atoms with Crippen LogP contribution in [0.4, 0.5) is 5.69 Å². The van der Waals surface area contributed by atoms with E-state index in [0.717, 1.165) is 31.3 Å². The van der Waals surface area contributed by atoms with Crippen LogP contribution in [0.25, 0.3) is 0 Å². The minimum absolute atomic E-state index is 0.125. The number of carbonyl (C=O) groups excluding carboxylic acids is 1. The molecular formula is C24H28ClN5O2S. The second-order valence-corrected chi connectivity index (χ2v) is 9.12. The van der Waals surface area contributed by atoms with Gasteiger partial charge in [0.25, 0.3) is 0 Å². The number of halogens is 1. The van der Waals surface area contributed by atoms with Crippen LogP contribution in [0.15, 0.2) is 59.8 Å². The van der Waals surface area contributed by atoms with Crippen LogP contribution >= 0.6 is 23.4 Å². The van der Waals surface area contributed by atoms with E-state index in [9.17, 15) is 4.79 Å². The number of piperazine rings is 1. The fourth-order valence-electron chi connectivity index (χ4n) is 3.86. The van der Waals surface area contributed by atoms with Gasteiger partial charge in [-0.05, 0) is 38.1 Å². The zero-order valence-corrected chi connectivity index (χ0v) is 20.4. The summed E-state index contributed by atoms with van der Waals surface area (Å²) in [6.07, 6.45) is -0.325. The van der Waals surface area contributed by atoms with Gasteiger partial charge in [0.15, 0.2) is 17.1 Å². The van der Waals surface area contributed by atoms with Gasteiger partial charge < -0.3 is 19.1 Å². The lowest BCUT2D eigenvalue weighted by atomic mass is 10.2. The normalized spacial score (nSPS) is 14.9. The van der Waals surface area contributed by atoms with Crippen molar-refractivity contribution in [3.8, 4) is 5.75 Å². The Kier molecular flexibility index (Phi) is 7.77. The molecule has 174 valence electrons. The molecule has 7 nitrogen and oxygen atoms in total. The van der Waals surface area contributed by atoms with E-state index in [-0.39, 0.29) is 12.0 Å². The summed E-state index contributed by atoms with van der Waals surface area (Å²) in [5, 5.41) is 9.94. The molecule has 1 unspecified atom stereocenters. The van der Waals surface area contributed by atoms with Crippen LogP contribution < -0.4 is 9.64 Å². The van der Waals surface area contributed by atoms with Crippen molar-refractivity contribution in [1.29, 1.82) is 0 Å². The summed E-state index contributed by atoms with van der Waals surface area (Å²) in [6, 6.07) is 17.7. The van der Waals surface area contributed by atoms with E-state index >= 15 is 0 Å². The molecule has 1 saturated heterocycles. The average Bonchev–Trinajstić information content (AvgIpc) is 3.27. The first-order valence-corrected chi connectivity index (χ1v) is 12.5. The highest BCUT2D eigenvalue weighted by atomic mass is 35.5. The van der Waals surface area contributed by atoms with Crippen LogP contribution in [-0.2, 0) is 11.3 Å². The van der Waals surface area contributed by atoms with Gasteiger partial charge in [-0.15, -0.1) is 10.2 Å². The number of benzene rings is 2. The first-order valence-electron chi connectivity index (χ1n) is 11.1. The third kappa shape index (κ3) is 5.62. The second kappa shape index (κ2) is 10.9. The summed E-state index contributed by atoms with van der Waals surface area (Å²) in [4.78, 5) is 17.1. The fourth-order valence-corrected chi connectivity index (χ4v) is 4.95. The molecule has 0 spiro atoms. The third-order valence-corrected chi connectivity index (χ3v) is 6.91. The Hall–Kier alpha value is -2.71. The van der Waals surface area contributed by atoms with Gasteiger partial charge in [0.05, 0.1) is 10.8 Å². The molecular weight excluding hydrogens is 458 g/mol. The highest BCUT2D eigenvalue weighted by Crippen LogP contribution is 2.29. The van der Waals surface area contributed by atoms with E-state index in [4.69, 9.17) is 16.3 Å². The van der Waals surface area contributed by atoms with Gasteiger partial charge >= 0.3 is 0 Å². The van der Waals surface area contributed by atoms with Crippen LogP contribution in [-0.4, -0.2) is 57.5 Å². The highest BCUT2D eigenvalue weighted by Gasteiger charge is 2.24. The lowest BCUT2D eigenvalue weighted by Crippen LogP contribution is -2.49. The molecule has 1 fully saturated rings. The molecule has 1 atom stereocenters. The van der Waals surface area contributed by atoms with Crippen molar-refractivity contribution in [2.24, 2.45) is 0 Å². The number of ether oxygens (including phenoxy) is 1. The molecule has 1 aromatic heterocycles. The molecule has 2 heterocycles. The van der Waals surface area contributed by atoms with Gasteiger partial charge in [-0.25, -0.2) is 0 Å². The van der Waals surface area contributed by atoms with Gasteiger partial charge in [-0.3, -0.25) is 4.79 Å². The van der Waals surface area contributed by atoms with Crippen molar-refractivity contribution in [3.05, 3.63) is 65.4 Å². The van der Waals surface area contributed by atoms with Crippen LogP contribution in [0.1, 0.15) is 25.8 Å². The van der Waals surface area contributed by atoms with Crippen molar-refractivity contribution in [1.82, 2.24) is 19.7 Å². The Bertz CT molecular complexity index is 1070. The summed E-state index contributed by atoms with van der Waals surface area (Å²) < 4.78 is 8.00. The maximum atomic E-state index is 12.8. The SMILES string of the molecule is CCn1c(SCC(=O)N2CCN(c3ccccc3)CC2)nnc1C(C)Oc1ccccc1Cl. The summed E-state index contributed by atoms with van der Waals surface area (Å²) in [5.41, 5.74) is 1.20. The Morgan fingerprint density at radius 1 is 1.06 bits per heavy atom. The third-order valence-electron chi connectivity index (χ3n) is 5.64. The maximum Gasteiger partial charge on any atom is 0.233 e. The zero-order chi connectivity index (χ0) is 23.2. The predicted molar refractivity (Wildman–Crippen MR) is 132 cm³/mol. The van der Waals surface area contributed by atoms with E-state index in [2.05, 4.69) is 27.2 Å². The molecule has 1 aliphatic heterocycles. The minimum Gasteiger partial charge on any atom is -0.481 e. The lowest BCUT2D eigenvalue weighted by Gasteiger charge is -2.36. The number of hydrogen-bond donors (Lipinski definition) is 0. The van der Waals surface area contributed by atoms with Crippen LogP contribution in [0.5, 0.6) is 5.75 Å². The average molecular weight is 486 g/mol. The molecule has 2 aromatic carbocycles. The van der Waals surface area contributed by atoms with Gasteiger partial charge in [0.1, 0.15) is 5.75 Å². The van der Waals surface area contributed by atoms with Crippen molar-refractivity contribution >= 4 is 35.0 Å². The standard InChI is InChI=1S/C24H28ClN5O2S/c1-3-30-23(18(2)32-21-12-8-7-11-20(21)25)26-27-24(30)33-17-22(31)29-15-13-28(14-16-29)19-9-5-4-6-10-19/h4-12,18H,3,13-17H2,1-2H3. The van der Waals surface area contributed by atoms with Crippen LogP contribution in [0, 0.1) is 0 Å². The molecule has 0 aliphatic carbocycles. The Morgan fingerprint density at radius 2 is 1.76 bits per heavy atom. The molecule has 0 saturated carbocycles. The van der Waals surface area contributed by atoms with Crippen LogP contribution in [0.3, 0.4) is 0 Å². The molecule has 33 heavy (non-hydrogen) atoms. The number of nitrogens with zero attached hydrogens (tertiary/aromatic N) is 5. The Labute approximate surface area is 203 Å². The van der Waals surface area contributed by atoms with Crippen LogP contribution in [0.2, 0.25) is 5.02 Å². The van der Waals surface area contributed by atoms with Crippen molar-refractivity contribution in [3.63, 3.8) is 0 Å². The molecule has 9 heteroatoms. The van der Waals surface area contributed by atoms with Gasteiger partial charge in [-0.1, -0.05) is 53.7 Å². The first-order chi connectivity index (χ1) is 16.1. The van der Waals surface area contributed by atoms with Gasteiger partial charge in [-0.2, -0.15) is 0 Å². The van der Waals surface area contributed by atoms with E-state index in [1.54, 1.807) is 6.07 Å². The molecule has 1 aliphatic rings. The minimum atomic E-state index is -0.325. The summed E-state index contributed by atoms with van der Waals surface area (Å²) in [6.45, 7) is 7.77. The number of aromatic nitrogens is 3. The van der Waals surface area contributed by atoms with Gasteiger partial charge in [0.2, 0.25) is 5.91 Å². The number of para-hydroxylation sites is 2. The number of rotatable bonds is 8. The monoisotopic (exact) mass is 485 g/mol. The Balaban J connectivity index is 1.33. The number of hydrogen-bond acceptors (Lipinski definition) is 6. The second-order valence-electron chi connectivity index (χ2n) is 7.77. The van der Waals surface area contributed by atoms with E-state index in [1.807, 2.05) is 59.7 Å². The van der Waals surface area contributed by atoms with E-state index in [0.29, 0.717) is 28.9 Å². The topological polar surface area (TPSA) is 63.5 Å². The number of amides is 1. The summed E-state index contributed by atoms with van der Waals surface area (Å²) in [5.74, 6) is 1.78. The van der Waals surface area contributed by atoms with Crippen molar-refractivity contribution in [2.75, 3.05) is 36.8 Å². The zero-order valence-electron chi connectivity index (χ0n) is 18.9. The van der Waals surface area contributed by atoms with E-state index < -0.39 is 0 Å².